The van der Waals surface area contributed by atoms with Gasteiger partial charge in [0.1, 0.15) is 25.9 Å². The van der Waals surface area contributed by atoms with E-state index in [0.29, 0.717) is 23.6 Å². The molecule has 0 amide bonds. The molecule has 0 bridgehead atoms. The van der Waals surface area contributed by atoms with Crippen LogP contribution in [-0.2, 0) is 6.54 Å². The van der Waals surface area contributed by atoms with Gasteiger partial charge in [-0.1, -0.05) is 37.7 Å². The summed E-state index contributed by atoms with van der Waals surface area (Å²) in [7, 11) is -1.54. The van der Waals surface area contributed by atoms with E-state index in [1.54, 1.807) is 24.7 Å². The normalized spacial score (nSPS) is 12.8. The van der Waals surface area contributed by atoms with Gasteiger partial charge in [0.05, 0.1) is 29.9 Å². The van der Waals surface area contributed by atoms with Gasteiger partial charge in [0.15, 0.2) is 5.76 Å². The second kappa shape index (κ2) is 7.77. The Hall–Kier alpha value is -3.69. The second-order valence-electron chi connectivity index (χ2n) is 8.76. The number of fused-ring (bicyclic) bond motifs is 3. The number of rotatable bonds is 2. The fourth-order valence-corrected chi connectivity index (χ4v) is 4.27. The van der Waals surface area contributed by atoms with Crippen LogP contribution in [0, 0.1) is 17.3 Å². The first-order chi connectivity index (χ1) is 15.4. The lowest BCUT2D eigenvalue weighted by atomic mass is 9.98. The van der Waals surface area contributed by atoms with Crippen LogP contribution >= 0.6 is 0 Å². The van der Waals surface area contributed by atoms with E-state index in [-0.39, 0.29) is 5.82 Å². The van der Waals surface area contributed by atoms with Gasteiger partial charge >= 0.3 is 0 Å². The minimum Gasteiger partial charge on any atom is -0.463 e. The third-order valence-corrected chi connectivity index (χ3v) is 6.10. The summed E-state index contributed by atoms with van der Waals surface area (Å²) < 4.78 is 22.4. The summed E-state index contributed by atoms with van der Waals surface area (Å²) in [6.07, 6.45) is 3.41. The number of hydrogen-bond acceptors (Lipinski definition) is 3. The maximum atomic E-state index is 14.8. The number of hydrogen-bond donors (Lipinski definition) is 0. The molecule has 4 nitrogen and oxygen atoms in total. The van der Waals surface area contributed by atoms with Crippen LogP contribution < -0.4 is 0 Å². The van der Waals surface area contributed by atoms with Crippen molar-refractivity contribution in [2.45, 2.75) is 26.2 Å². The molecule has 5 rings (SSSR count). The standard InChI is InChI=1S/C26H22FN3OSi/c1-32(2,3)14-12-18-10-11-22-20(15-18)25(19-7-4-5-8-21(19)27)28-16-23-26(29-17-30(22)23)24-9-6-13-31-24/h4-11,13,15,17H,16H2,1-3H3. The van der Waals surface area contributed by atoms with E-state index < -0.39 is 8.07 Å². The van der Waals surface area contributed by atoms with Crippen molar-refractivity contribution in [2.75, 3.05) is 0 Å². The lowest BCUT2D eigenvalue weighted by molar-refractivity contribution is 0.579. The number of aromatic nitrogens is 2. The average molecular weight is 440 g/mol. The average Bonchev–Trinajstić information content (AvgIpc) is 3.40. The summed E-state index contributed by atoms with van der Waals surface area (Å²) >= 11 is 0. The summed E-state index contributed by atoms with van der Waals surface area (Å²) in [5, 5.41) is 0. The largest absolute Gasteiger partial charge is 0.463 e. The number of halogens is 1. The fraction of sp³-hybridized carbons (Fsp3) is 0.154. The predicted molar refractivity (Wildman–Crippen MR) is 127 cm³/mol. The van der Waals surface area contributed by atoms with E-state index in [2.05, 4.69) is 36.1 Å². The first-order valence-electron chi connectivity index (χ1n) is 10.5. The molecule has 32 heavy (non-hydrogen) atoms. The van der Waals surface area contributed by atoms with E-state index >= 15 is 0 Å². The highest BCUT2D eigenvalue weighted by atomic mass is 28.3. The second-order valence-corrected chi connectivity index (χ2v) is 13.5. The third kappa shape index (κ3) is 3.72. The predicted octanol–water partition coefficient (Wildman–Crippen LogP) is 5.85. The minimum absolute atomic E-state index is 0.299. The Bertz CT molecular complexity index is 1400. The molecular formula is C26H22FN3OSi. The molecule has 0 radical (unpaired) electrons. The zero-order valence-corrected chi connectivity index (χ0v) is 19.2. The first kappa shape index (κ1) is 20.2. The summed E-state index contributed by atoms with van der Waals surface area (Å²) in [6.45, 7) is 6.99. The minimum atomic E-state index is -1.54. The van der Waals surface area contributed by atoms with Crippen LogP contribution in [0.1, 0.15) is 22.4 Å². The van der Waals surface area contributed by atoms with Gasteiger partial charge in [-0.15, -0.1) is 5.54 Å². The molecule has 0 saturated heterocycles. The van der Waals surface area contributed by atoms with Gasteiger partial charge in [0, 0.05) is 16.7 Å². The van der Waals surface area contributed by atoms with E-state index in [4.69, 9.17) is 9.41 Å². The summed E-state index contributed by atoms with van der Waals surface area (Å²) in [5.74, 6) is 3.70. The van der Waals surface area contributed by atoms with Crippen LogP contribution in [0.25, 0.3) is 17.1 Å². The Morgan fingerprint density at radius 1 is 1.03 bits per heavy atom. The van der Waals surface area contributed by atoms with Crippen LogP contribution in [-0.4, -0.2) is 23.3 Å². The quantitative estimate of drug-likeness (QED) is 0.290. The number of imidazole rings is 1. The van der Waals surface area contributed by atoms with E-state index in [1.807, 2.05) is 41.0 Å². The van der Waals surface area contributed by atoms with Gasteiger partial charge < -0.3 is 4.42 Å². The smallest absolute Gasteiger partial charge is 0.154 e. The zero-order chi connectivity index (χ0) is 22.3. The molecule has 0 N–H and O–H groups in total. The SMILES string of the molecule is C[Si](C)(C)C#Cc1ccc2c(c1)C(c1ccccc1F)=NCc1c(-c3ccco3)ncn1-2. The highest BCUT2D eigenvalue weighted by Crippen LogP contribution is 2.32. The molecule has 2 aromatic carbocycles. The molecule has 0 aliphatic carbocycles. The maximum absolute atomic E-state index is 14.8. The molecule has 2 aromatic heterocycles. The van der Waals surface area contributed by atoms with Crippen molar-refractivity contribution in [1.82, 2.24) is 9.55 Å². The van der Waals surface area contributed by atoms with Gasteiger partial charge in [0.25, 0.3) is 0 Å². The Balaban J connectivity index is 1.73. The van der Waals surface area contributed by atoms with Gasteiger partial charge in [-0.25, -0.2) is 9.37 Å². The Morgan fingerprint density at radius 2 is 1.88 bits per heavy atom. The molecular weight excluding hydrogens is 417 g/mol. The van der Waals surface area contributed by atoms with Crippen LogP contribution in [0.5, 0.6) is 0 Å². The van der Waals surface area contributed by atoms with Gasteiger partial charge in [-0.05, 0) is 42.5 Å². The topological polar surface area (TPSA) is 43.3 Å². The highest BCUT2D eigenvalue weighted by molar-refractivity contribution is 6.83. The third-order valence-electron chi connectivity index (χ3n) is 5.23. The van der Waals surface area contributed by atoms with Crippen LogP contribution in [0.3, 0.4) is 0 Å². The number of furan rings is 1. The van der Waals surface area contributed by atoms with Crippen molar-refractivity contribution < 1.29 is 8.81 Å². The lowest BCUT2D eigenvalue weighted by Crippen LogP contribution is -2.16. The molecule has 1 aliphatic heterocycles. The summed E-state index contributed by atoms with van der Waals surface area (Å²) in [5.41, 5.74) is 8.75. The van der Waals surface area contributed by atoms with Crippen molar-refractivity contribution >= 4 is 13.8 Å². The summed E-state index contributed by atoms with van der Waals surface area (Å²) in [4.78, 5) is 9.46. The van der Waals surface area contributed by atoms with Gasteiger partial charge in [-0.3, -0.25) is 9.56 Å². The van der Waals surface area contributed by atoms with E-state index in [9.17, 15) is 4.39 Å². The molecule has 0 unspecified atom stereocenters. The van der Waals surface area contributed by atoms with Crippen LogP contribution in [0.15, 0.2) is 76.6 Å². The molecule has 6 heteroatoms. The molecule has 0 saturated carbocycles. The summed E-state index contributed by atoms with van der Waals surface area (Å²) in [6, 6.07) is 16.5. The molecule has 0 fully saturated rings. The molecule has 158 valence electrons. The number of nitrogens with zero attached hydrogens (tertiary/aromatic N) is 3. The number of benzene rings is 2. The van der Waals surface area contributed by atoms with Crippen molar-refractivity contribution in [1.29, 1.82) is 0 Å². The Kier molecular flexibility index (Phi) is 4.91. The number of aliphatic imine (C=N–C) groups is 1. The molecule has 1 aliphatic rings. The Morgan fingerprint density at radius 3 is 2.62 bits per heavy atom. The fourth-order valence-electron chi connectivity index (χ4n) is 3.75. The molecule has 4 aromatic rings. The zero-order valence-electron chi connectivity index (χ0n) is 18.2. The molecule has 0 atom stereocenters. The van der Waals surface area contributed by atoms with E-state index in [0.717, 1.165) is 28.2 Å². The van der Waals surface area contributed by atoms with E-state index in [1.165, 1.54) is 6.07 Å². The first-order valence-corrected chi connectivity index (χ1v) is 14.0. The highest BCUT2D eigenvalue weighted by Gasteiger charge is 2.24. The molecule has 3 heterocycles. The van der Waals surface area contributed by atoms with Crippen molar-refractivity contribution in [3.05, 3.63) is 95.4 Å². The van der Waals surface area contributed by atoms with Gasteiger partial charge in [-0.2, -0.15) is 0 Å². The van der Waals surface area contributed by atoms with Crippen molar-refractivity contribution in [3.8, 4) is 28.6 Å². The van der Waals surface area contributed by atoms with Crippen molar-refractivity contribution in [2.24, 2.45) is 4.99 Å². The maximum Gasteiger partial charge on any atom is 0.154 e. The molecule has 0 spiro atoms. The van der Waals surface area contributed by atoms with Crippen LogP contribution in [0.4, 0.5) is 4.39 Å². The lowest BCUT2D eigenvalue weighted by Gasteiger charge is -2.13. The van der Waals surface area contributed by atoms with Crippen LogP contribution in [0.2, 0.25) is 19.6 Å². The van der Waals surface area contributed by atoms with Crippen molar-refractivity contribution in [3.63, 3.8) is 0 Å². The monoisotopic (exact) mass is 439 g/mol. The Labute approximate surface area is 187 Å². The van der Waals surface area contributed by atoms with Gasteiger partial charge in [0.2, 0.25) is 0 Å².